The molecule has 0 atom stereocenters. The Balaban J connectivity index is 2.03. The van der Waals surface area contributed by atoms with Gasteiger partial charge in [0.2, 0.25) is 6.79 Å². The van der Waals surface area contributed by atoms with Crippen LogP contribution in [0.3, 0.4) is 0 Å². The molecule has 2 aromatic carbocycles. The van der Waals surface area contributed by atoms with E-state index in [-0.39, 0.29) is 6.79 Å². The van der Waals surface area contributed by atoms with E-state index < -0.39 is 0 Å². The summed E-state index contributed by atoms with van der Waals surface area (Å²) in [7, 11) is 0. The predicted molar refractivity (Wildman–Crippen MR) is 82.0 cm³/mol. The highest BCUT2D eigenvalue weighted by molar-refractivity contribution is 5.90. The Morgan fingerprint density at radius 2 is 1.76 bits per heavy atom. The molecule has 0 spiro atoms. The van der Waals surface area contributed by atoms with Crippen molar-refractivity contribution in [3.63, 3.8) is 0 Å². The van der Waals surface area contributed by atoms with Gasteiger partial charge in [-0.25, -0.2) is 0 Å². The first-order valence-corrected chi connectivity index (χ1v) is 6.76. The first kappa shape index (κ1) is 13.3. The van der Waals surface area contributed by atoms with Gasteiger partial charge in [0.05, 0.1) is 11.6 Å². The molecule has 0 saturated carbocycles. The highest BCUT2D eigenvalue weighted by Gasteiger charge is 2.15. The van der Waals surface area contributed by atoms with Gasteiger partial charge >= 0.3 is 0 Å². The van der Waals surface area contributed by atoms with Crippen LogP contribution in [0.2, 0.25) is 0 Å². The molecule has 0 N–H and O–H groups in total. The molecule has 1 heterocycles. The number of hydrogen-bond donors (Lipinski definition) is 0. The van der Waals surface area contributed by atoms with Crippen LogP contribution in [0.15, 0.2) is 36.4 Å². The van der Waals surface area contributed by atoms with Gasteiger partial charge in [0.1, 0.15) is 0 Å². The highest BCUT2D eigenvalue weighted by Crippen LogP contribution is 2.35. The van der Waals surface area contributed by atoms with Gasteiger partial charge in [0, 0.05) is 0 Å². The van der Waals surface area contributed by atoms with Crippen molar-refractivity contribution in [2.75, 3.05) is 6.79 Å². The standard InChI is InChI=1S/C18H15NO2/c1-12-3-5-14(6-4-12)16(10-19)8-15-9-18-17(7-13(15)2)20-11-21-18/h3-9H,11H2,1-2H3/b16-8-. The fraction of sp³-hybridized carbons (Fsp3) is 0.167. The summed E-state index contributed by atoms with van der Waals surface area (Å²) in [4.78, 5) is 0. The van der Waals surface area contributed by atoms with Crippen LogP contribution in [0, 0.1) is 25.2 Å². The zero-order chi connectivity index (χ0) is 14.8. The highest BCUT2D eigenvalue weighted by atomic mass is 16.7. The molecule has 0 radical (unpaired) electrons. The fourth-order valence-electron chi connectivity index (χ4n) is 2.28. The molecule has 3 nitrogen and oxygen atoms in total. The Bertz CT molecular complexity index is 752. The summed E-state index contributed by atoms with van der Waals surface area (Å²) in [5.41, 5.74) is 4.75. The van der Waals surface area contributed by atoms with E-state index in [1.807, 2.05) is 56.3 Å². The summed E-state index contributed by atoms with van der Waals surface area (Å²) in [6, 6.07) is 14.1. The number of nitriles is 1. The minimum atomic E-state index is 0.255. The van der Waals surface area contributed by atoms with Crippen molar-refractivity contribution in [1.29, 1.82) is 5.26 Å². The average Bonchev–Trinajstić information content (AvgIpc) is 2.93. The molecule has 0 aromatic heterocycles. The minimum absolute atomic E-state index is 0.255. The molecule has 0 fully saturated rings. The quantitative estimate of drug-likeness (QED) is 0.613. The molecule has 1 aliphatic rings. The molecule has 0 amide bonds. The van der Waals surface area contributed by atoms with Crippen molar-refractivity contribution >= 4 is 11.6 Å². The van der Waals surface area contributed by atoms with E-state index in [0.29, 0.717) is 5.57 Å². The molecule has 0 saturated heterocycles. The number of rotatable bonds is 2. The molecular formula is C18H15NO2. The van der Waals surface area contributed by atoms with Gasteiger partial charge in [-0.1, -0.05) is 29.8 Å². The van der Waals surface area contributed by atoms with Crippen LogP contribution >= 0.6 is 0 Å². The number of aryl methyl sites for hydroxylation is 2. The van der Waals surface area contributed by atoms with Gasteiger partial charge < -0.3 is 9.47 Å². The van der Waals surface area contributed by atoms with E-state index in [2.05, 4.69) is 6.07 Å². The molecule has 1 aliphatic heterocycles. The van der Waals surface area contributed by atoms with Crippen molar-refractivity contribution in [3.05, 3.63) is 58.7 Å². The third-order valence-corrected chi connectivity index (χ3v) is 3.54. The maximum absolute atomic E-state index is 9.42. The third-order valence-electron chi connectivity index (χ3n) is 3.54. The van der Waals surface area contributed by atoms with Gasteiger partial charge in [-0.05, 0) is 48.7 Å². The maximum atomic E-state index is 9.42. The molecule has 0 aliphatic carbocycles. The van der Waals surface area contributed by atoms with Crippen molar-refractivity contribution < 1.29 is 9.47 Å². The lowest BCUT2D eigenvalue weighted by Gasteiger charge is -2.05. The summed E-state index contributed by atoms with van der Waals surface area (Å²) in [5.74, 6) is 1.49. The molecule has 21 heavy (non-hydrogen) atoms. The van der Waals surface area contributed by atoms with E-state index in [9.17, 15) is 5.26 Å². The van der Waals surface area contributed by atoms with Gasteiger partial charge in [0.25, 0.3) is 0 Å². The summed E-state index contributed by atoms with van der Waals surface area (Å²) >= 11 is 0. The summed E-state index contributed by atoms with van der Waals surface area (Å²) < 4.78 is 10.8. The first-order valence-electron chi connectivity index (χ1n) is 6.76. The van der Waals surface area contributed by atoms with Gasteiger partial charge in [0.15, 0.2) is 11.5 Å². The number of hydrogen-bond acceptors (Lipinski definition) is 3. The van der Waals surface area contributed by atoms with E-state index in [1.54, 1.807) is 0 Å². The van der Waals surface area contributed by atoms with Crippen LogP contribution in [-0.4, -0.2) is 6.79 Å². The van der Waals surface area contributed by atoms with Gasteiger partial charge in [-0.15, -0.1) is 0 Å². The summed E-state index contributed by atoms with van der Waals surface area (Å²) in [6.07, 6.45) is 1.89. The fourth-order valence-corrected chi connectivity index (χ4v) is 2.28. The Kier molecular flexibility index (Phi) is 3.37. The maximum Gasteiger partial charge on any atom is 0.231 e. The predicted octanol–water partition coefficient (Wildman–Crippen LogP) is 4.10. The molecule has 0 unspecified atom stereocenters. The summed E-state index contributed by atoms with van der Waals surface area (Å²) in [5, 5.41) is 9.42. The Labute approximate surface area is 124 Å². The Morgan fingerprint density at radius 3 is 2.43 bits per heavy atom. The number of benzene rings is 2. The normalized spacial score (nSPS) is 13.1. The second-order valence-electron chi connectivity index (χ2n) is 5.10. The lowest BCUT2D eigenvalue weighted by Crippen LogP contribution is -1.92. The van der Waals surface area contributed by atoms with E-state index in [1.165, 1.54) is 5.56 Å². The van der Waals surface area contributed by atoms with Crippen LogP contribution in [-0.2, 0) is 0 Å². The third kappa shape index (κ3) is 2.61. The topological polar surface area (TPSA) is 42.2 Å². The average molecular weight is 277 g/mol. The van der Waals surface area contributed by atoms with E-state index in [0.717, 1.165) is 28.2 Å². The second-order valence-corrected chi connectivity index (χ2v) is 5.10. The van der Waals surface area contributed by atoms with Crippen LogP contribution in [0.4, 0.5) is 0 Å². The van der Waals surface area contributed by atoms with Crippen LogP contribution in [0.25, 0.3) is 11.6 Å². The monoisotopic (exact) mass is 277 g/mol. The Morgan fingerprint density at radius 1 is 1.10 bits per heavy atom. The molecule has 3 heteroatoms. The van der Waals surface area contributed by atoms with Crippen molar-refractivity contribution in [2.24, 2.45) is 0 Å². The van der Waals surface area contributed by atoms with Crippen LogP contribution < -0.4 is 9.47 Å². The van der Waals surface area contributed by atoms with Gasteiger partial charge in [-0.3, -0.25) is 0 Å². The molecule has 3 rings (SSSR count). The van der Waals surface area contributed by atoms with Gasteiger partial charge in [-0.2, -0.15) is 5.26 Å². The Hall–Kier alpha value is -2.73. The minimum Gasteiger partial charge on any atom is -0.454 e. The zero-order valence-electron chi connectivity index (χ0n) is 12.0. The van der Waals surface area contributed by atoms with E-state index in [4.69, 9.17) is 9.47 Å². The molecule has 2 aromatic rings. The molecule has 0 bridgehead atoms. The zero-order valence-corrected chi connectivity index (χ0v) is 12.0. The van der Waals surface area contributed by atoms with Crippen molar-refractivity contribution in [3.8, 4) is 17.6 Å². The number of nitrogens with zero attached hydrogens (tertiary/aromatic N) is 1. The van der Waals surface area contributed by atoms with Crippen LogP contribution in [0.5, 0.6) is 11.5 Å². The van der Waals surface area contributed by atoms with Crippen molar-refractivity contribution in [1.82, 2.24) is 0 Å². The SMILES string of the molecule is Cc1ccc(/C(C#N)=C\c2cc3c(cc2C)OCO3)cc1. The molecular weight excluding hydrogens is 262 g/mol. The number of allylic oxidation sites excluding steroid dienone is 1. The first-order chi connectivity index (χ1) is 10.2. The lowest BCUT2D eigenvalue weighted by atomic mass is 10.00. The van der Waals surface area contributed by atoms with E-state index >= 15 is 0 Å². The lowest BCUT2D eigenvalue weighted by molar-refractivity contribution is 0.174. The summed E-state index contributed by atoms with van der Waals surface area (Å²) in [6.45, 7) is 4.28. The number of fused-ring (bicyclic) bond motifs is 1. The second kappa shape index (κ2) is 5.34. The molecule has 104 valence electrons. The van der Waals surface area contributed by atoms with Crippen molar-refractivity contribution in [2.45, 2.75) is 13.8 Å². The van der Waals surface area contributed by atoms with Crippen LogP contribution in [0.1, 0.15) is 22.3 Å². The smallest absolute Gasteiger partial charge is 0.231 e. The largest absolute Gasteiger partial charge is 0.454 e. The number of ether oxygens (including phenoxy) is 2.